The Balaban J connectivity index is 2.24. The van der Waals surface area contributed by atoms with Gasteiger partial charge in [-0.05, 0) is 13.3 Å². The molecule has 0 saturated carbocycles. The minimum Gasteiger partial charge on any atom is -0.394 e. The van der Waals surface area contributed by atoms with Gasteiger partial charge < -0.3 is 29.3 Å². The fourth-order valence-electron chi connectivity index (χ4n) is 2.16. The first-order valence-electron chi connectivity index (χ1n) is 7.67. The lowest BCUT2D eigenvalue weighted by atomic mass is 10.1. The Morgan fingerprint density at radius 2 is 1.74 bits per heavy atom. The van der Waals surface area contributed by atoms with Crippen molar-refractivity contribution in [2.75, 3.05) is 39.6 Å². The summed E-state index contributed by atoms with van der Waals surface area (Å²) in [6, 6.07) is 0. The van der Waals surface area contributed by atoms with Crippen LogP contribution in [0, 0.1) is 0 Å². The second kappa shape index (κ2) is 10.7. The maximum Gasteiger partial charge on any atom is 0.472 e. The van der Waals surface area contributed by atoms with E-state index in [1.807, 2.05) is 6.92 Å². The van der Waals surface area contributed by atoms with Gasteiger partial charge in [-0.15, -0.1) is 0 Å². The smallest absolute Gasteiger partial charge is 0.394 e. The molecule has 3 N–H and O–H groups in total. The molecule has 1 heterocycles. The SMILES string of the molecule is CC[C@H]1OC(C)[C@H](O)[C@@H]1OP(=O)(O)OCCOCCOCCO. The monoisotopic (exact) mass is 358 g/mol. The van der Waals surface area contributed by atoms with E-state index in [1.165, 1.54) is 0 Å². The van der Waals surface area contributed by atoms with Crippen LogP contribution in [0.25, 0.3) is 0 Å². The number of hydrogen-bond donors (Lipinski definition) is 3. The van der Waals surface area contributed by atoms with Gasteiger partial charge in [0.15, 0.2) is 0 Å². The predicted octanol–water partition coefficient (Wildman–Crippen LogP) is 0.0723. The van der Waals surface area contributed by atoms with Crippen LogP contribution in [-0.2, 0) is 27.8 Å². The Kier molecular flexibility index (Phi) is 9.76. The van der Waals surface area contributed by atoms with E-state index >= 15 is 0 Å². The van der Waals surface area contributed by atoms with Gasteiger partial charge in [0, 0.05) is 0 Å². The van der Waals surface area contributed by atoms with E-state index in [4.69, 9.17) is 28.4 Å². The van der Waals surface area contributed by atoms with Crippen LogP contribution < -0.4 is 0 Å². The summed E-state index contributed by atoms with van der Waals surface area (Å²) in [7, 11) is -4.31. The standard InChI is InChI=1S/C13H27O9P/c1-3-11-13(12(15)10(2)21-11)22-23(16,17)20-9-8-19-7-6-18-5-4-14/h10-15H,3-9H2,1-2H3,(H,16,17)/t10?,11-,12+,13-/m1/s1. The summed E-state index contributed by atoms with van der Waals surface area (Å²) < 4.78 is 37.3. The van der Waals surface area contributed by atoms with Crippen LogP contribution in [0.1, 0.15) is 20.3 Å². The Bertz CT molecular complexity index is 367. The summed E-state index contributed by atoms with van der Waals surface area (Å²) >= 11 is 0. The van der Waals surface area contributed by atoms with Crippen molar-refractivity contribution in [1.82, 2.24) is 0 Å². The van der Waals surface area contributed by atoms with E-state index in [1.54, 1.807) is 6.92 Å². The summed E-state index contributed by atoms with van der Waals surface area (Å²) in [6.45, 7) is 4.25. The van der Waals surface area contributed by atoms with Crippen molar-refractivity contribution in [2.45, 2.75) is 44.7 Å². The van der Waals surface area contributed by atoms with Crippen LogP contribution in [0.4, 0.5) is 0 Å². The van der Waals surface area contributed by atoms with Gasteiger partial charge in [-0.2, -0.15) is 0 Å². The molecule has 1 aliphatic rings. The molecule has 0 bridgehead atoms. The molecular formula is C13H27O9P. The molecule has 10 heteroatoms. The fourth-order valence-corrected chi connectivity index (χ4v) is 3.10. The molecule has 0 radical (unpaired) electrons. The van der Waals surface area contributed by atoms with Crippen LogP contribution in [0.15, 0.2) is 0 Å². The summed E-state index contributed by atoms with van der Waals surface area (Å²) in [4.78, 5) is 9.70. The summed E-state index contributed by atoms with van der Waals surface area (Å²) in [5, 5.41) is 18.4. The molecule has 0 amide bonds. The van der Waals surface area contributed by atoms with Gasteiger partial charge in [0.2, 0.25) is 0 Å². The van der Waals surface area contributed by atoms with E-state index in [-0.39, 0.29) is 33.0 Å². The van der Waals surface area contributed by atoms with Gasteiger partial charge >= 0.3 is 7.82 Å². The lowest BCUT2D eigenvalue weighted by Gasteiger charge is -2.22. The number of phosphoric ester groups is 1. The third kappa shape index (κ3) is 7.55. The molecule has 1 fully saturated rings. The molecule has 0 aliphatic carbocycles. The Hall–Kier alpha value is -0.0900. The van der Waals surface area contributed by atoms with Crippen molar-refractivity contribution in [3.05, 3.63) is 0 Å². The molecule has 1 aliphatic heterocycles. The van der Waals surface area contributed by atoms with Gasteiger partial charge in [-0.1, -0.05) is 6.92 Å². The lowest BCUT2D eigenvalue weighted by molar-refractivity contribution is -0.00239. The second-order valence-corrected chi connectivity index (χ2v) is 6.50. The first-order valence-corrected chi connectivity index (χ1v) is 9.16. The van der Waals surface area contributed by atoms with Crippen LogP contribution in [0.3, 0.4) is 0 Å². The molecule has 2 unspecified atom stereocenters. The number of rotatable bonds is 12. The van der Waals surface area contributed by atoms with Crippen molar-refractivity contribution in [1.29, 1.82) is 0 Å². The zero-order valence-corrected chi connectivity index (χ0v) is 14.4. The van der Waals surface area contributed by atoms with Crippen LogP contribution in [0.2, 0.25) is 0 Å². The number of ether oxygens (including phenoxy) is 3. The zero-order valence-electron chi connectivity index (χ0n) is 13.5. The van der Waals surface area contributed by atoms with Gasteiger partial charge in [-0.3, -0.25) is 9.05 Å². The van der Waals surface area contributed by atoms with Crippen molar-refractivity contribution >= 4 is 7.82 Å². The van der Waals surface area contributed by atoms with Crippen LogP contribution in [0.5, 0.6) is 0 Å². The first kappa shape index (κ1) is 21.0. The van der Waals surface area contributed by atoms with Crippen molar-refractivity contribution in [3.8, 4) is 0 Å². The molecule has 138 valence electrons. The molecule has 9 nitrogen and oxygen atoms in total. The zero-order chi connectivity index (χ0) is 17.3. The minimum absolute atomic E-state index is 0.0533. The molecule has 1 rings (SSSR count). The molecular weight excluding hydrogens is 331 g/mol. The molecule has 5 atom stereocenters. The maximum atomic E-state index is 11.9. The average molecular weight is 358 g/mol. The Morgan fingerprint density at radius 1 is 1.13 bits per heavy atom. The topological polar surface area (TPSA) is 124 Å². The highest BCUT2D eigenvalue weighted by molar-refractivity contribution is 7.47. The van der Waals surface area contributed by atoms with Gasteiger partial charge in [-0.25, -0.2) is 4.57 Å². The highest BCUT2D eigenvalue weighted by Crippen LogP contribution is 2.47. The third-order valence-electron chi connectivity index (χ3n) is 3.32. The highest BCUT2D eigenvalue weighted by Gasteiger charge is 2.45. The number of aliphatic hydroxyl groups excluding tert-OH is 2. The van der Waals surface area contributed by atoms with E-state index in [0.29, 0.717) is 13.0 Å². The van der Waals surface area contributed by atoms with Gasteiger partial charge in [0.25, 0.3) is 0 Å². The lowest BCUT2D eigenvalue weighted by Crippen LogP contribution is -2.33. The summed E-state index contributed by atoms with van der Waals surface area (Å²) in [5.74, 6) is 0. The van der Waals surface area contributed by atoms with Crippen molar-refractivity contribution in [3.63, 3.8) is 0 Å². The normalized spacial score (nSPS) is 30.5. The number of hydrogen-bond acceptors (Lipinski definition) is 8. The first-order chi connectivity index (χ1) is 10.9. The predicted molar refractivity (Wildman–Crippen MR) is 80.0 cm³/mol. The average Bonchev–Trinajstić information content (AvgIpc) is 2.77. The van der Waals surface area contributed by atoms with Crippen molar-refractivity contribution in [2.24, 2.45) is 0 Å². The third-order valence-corrected chi connectivity index (χ3v) is 4.34. The van der Waals surface area contributed by atoms with Crippen LogP contribution >= 0.6 is 7.82 Å². The Morgan fingerprint density at radius 3 is 2.35 bits per heavy atom. The molecule has 0 aromatic heterocycles. The molecule has 0 aromatic rings. The Labute approximate surface area is 136 Å². The molecule has 1 saturated heterocycles. The van der Waals surface area contributed by atoms with E-state index in [2.05, 4.69) is 0 Å². The highest BCUT2D eigenvalue weighted by atomic mass is 31.2. The van der Waals surface area contributed by atoms with E-state index < -0.39 is 32.2 Å². The molecule has 0 aromatic carbocycles. The molecule has 0 spiro atoms. The quantitative estimate of drug-likeness (QED) is 0.328. The number of aliphatic hydroxyl groups is 2. The molecule has 23 heavy (non-hydrogen) atoms. The van der Waals surface area contributed by atoms with Crippen LogP contribution in [-0.4, -0.2) is 79.2 Å². The van der Waals surface area contributed by atoms with Gasteiger partial charge in [0.1, 0.15) is 12.2 Å². The van der Waals surface area contributed by atoms with E-state index in [0.717, 1.165) is 0 Å². The minimum atomic E-state index is -4.31. The van der Waals surface area contributed by atoms with Crippen molar-refractivity contribution < 1.29 is 42.9 Å². The second-order valence-electron chi connectivity index (χ2n) is 5.10. The largest absolute Gasteiger partial charge is 0.472 e. The summed E-state index contributed by atoms with van der Waals surface area (Å²) in [6.07, 6.45) is -2.26. The van der Waals surface area contributed by atoms with Gasteiger partial charge in [0.05, 0.1) is 51.8 Å². The number of phosphoric acid groups is 1. The maximum absolute atomic E-state index is 11.9. The summed E-state index contributed by atoms with van der Waals surface area (Å²) in [5.41, 5.74) is 0. The van der Waals surface area contributed by atoms with E-state index in [9.17, 15) is 14.6 Å². The fraction of sp³-hybridized carbons (Fsp3) is 1.00.